The average molecular weight is 293 g/mol. The van der Waals surface area contributed by atoms with Crippen LogP contribution in [0.5, 0.6) is 0 Å². The van der Waals surface area contributed by atoms with Crippen LogP contribution in [-0.4, -0.2) is 32.6 Å². The maximum absolute atomic E-state index is 13.6. The van der Waals surface area contributed by atoms with Gasteiger partial charge in [-0.05, 0) is 24.1 Å². The first-order valence-electron chi connectivity index (χ1n) is 6.40. The minimum absolute atomic E-state index is 0.151. The van der Waals surface area contributed by atoms with Gasteiger partial charge in [-0.15, -0.1) is 0 Å². The Labute approximate surface area is 116 Å². The summed E-state index contributed by atoms with van der Waals surface area (Å²) in [5.74, 6) is -4.11. The predicted octanol–water partition coefficient (Wildman–Crippen LogP) is 3.43. The van der Waals surface area contributed by atoms with E-state index < -0.39 is 18.4 Å². The summed E-state index contributed by atoms with van der Waals surface area (Å²) in [6.45, 7) is 2.29. The Morgan fingerprint density at radius 2 is 1.80 bits per heavy atom. The molecule has 6 heteroatoms. The molecule has 0 aliphatic rings. The van der Waals surface area contributed by atoms with E-state index in [1.807, 2.05) is 0 Å². The molecule has 20 heavy (non-hydrogen) atoms. The molecule has 0 amide bonds. The number of benzene rings is 1. The summed E-state index contributed by atoms with van der Waals surface area (Å²) in [6, 6.07) is 4.52. The molecule has 0 spiro atoms. The lowest BCUT2D eigenvalue weighted by atomic mass is 9.98. The Morgan fingerprint density at radius 1 is 1.20 bits per heavy atom. The zero-order valence-corrected chi connectivity index (χ0v) is 11.5. The predicted molar refractivity (Wildman–Crippen MR) is 69.4 cm³/mol. The van der Waals surface area contributed by atoms with Crippen LogP contribution >= 0.6 is 0 Å². The first kappa shape index (κ1) is 16.9. The van der Waals surface area contributed by atoms with Crippen LogP contribution in [0.1, 0.15) is 24.1 Å². The lowest BCUT2D eigenvalue weighted by Gasteiger charge is -2.27. The Hall–Kier alpha value is -1.14. The highest BCUT2D eigenvalue weighted by Gasteiger charge is 2.49. The molecular formula is C14H19F4NO. The number of nitrogens with one attached hydrogen (secondary N) is 1. The van der Waals surface area contributed by atoms with Crippen molar-refractivity contribution in [2.75, 3.05) is 20.3 Å². The van der Waals surface area contributed by atoms with E-state index in [1.54, 1.807) is 26.2 Å². The Morgan fingerprint density at radius 3 is 2.25 bits per heavy atom. The highest BCUT2D eigenvalue weighted by atomic mass is 19.3. The molecule has 0 heterocycles. The molecule has 114 valence electrons. The van der Waals surface area contributed by atoms with E-state index in [1.165, 1.54) is 12.1 Å². The largest absolute Gasteiger partial charge is 0.384 e. The molecule has 1 aromatic rings. The maximum Gasteiger partial charge on any atom is 0.326 e. The van der Waals surface area contributed by atoms with Crippen molar-refractivity contribution < 1.29 is 22.3 Å². The topological polar surface area (TPSA) is 21.3 Å². The second-order valence-corrected chi connectivity index (χ2v) is 4.45. The molecule has 0 saturated heterocycles. The summed E-state index contributed by atoms with van der Waals surface area (Å²) in [5, 5.41) is 2.43. The third-order valence-electron chi connectivity index (χ3n) is 2.99. The van der Waals surface area contributed by atoms with Crippen molar-refractivity contribution in [1.29, 1.82) is 0 Å². The summed E-state index contributed by atoms with van der Waals surface area (Å²) in [7, 11) is 1.57. The fourth-order valence-corrected chi connectivity index (χ4v) is 1.90. The number of halogens is 4. The van der Waals surface area contributed by atoms with Gasteiger partial charge < -0.3 is 10.1 Å². The van der Waals surface area contributed by atoms with E-state index >= 15 is 0 Å². The lowest BCUT2D eigenvalue weighted by molar-refractivity contribution is -0.151. The van der Waals surface area contributed by atoms with E-state index in [0.717, 1.165) is 5.56 Å². The standard InChI is InChI=1S/C14H19F4NO/c1-3-19-12(14(17,18)13(15)16)11-6-4-10(5-7-11)8-9-20-2/h4-7,12-13,19H,3,8-9H2,1-2H3. The third kappa shape index (κ3) is 4.18. The van der Waals surface area contributed by atoms with Gasteiger partial charge in [0, 0.05) is 7.11 Å². The molecule has 0 radical (unpaired) electrons. The van der Waals surface area contributed by atoms with Crippen molar-refractivity contribution in [3.63, 3.8) is 0 Å². The van der Waals surface area contributed by atoms with Gasteiger partial charge in [-0.25, -0.2) is 8.78 Å². The maximum atomic E-state index is 13.6. The van der Waals surface area contributed by atoms with Crippen LogP contribution in [0.3, 0.4) is 0 Å². The van der Waals surface area contributed by atoms with Gasteiger partial charge in [-0.2, -0.15) is 8.78 Å². The number of hydrogen-bond acceptors (Lipinski definition) is 2. The number of alkyl halides is 4. The van der Waals surface area contributed by atoms with Crippen LogP contribution in [0.4, 0.5) is 17.6 Å². The van der Waals surface area contributed by atoms with Crippen LogP contribution in [-0.2, 0) is 11.2 Å². The van der Waals surface area contributed by atoms with Crippen LogP contribution < -0.4 is 5.32 Å². The number of rotatable bonds is 8. The van der Waals surface area contributed by atoms with Gasteiger partial charge in [0.15, 0.2) is 0 Å². The van der Waals surface area contributed by atoms with Crippen molar-refractivity contribution in [1.82, 2.24) is 5.32 Å². The second-order valence-electron chi connectivity index (χ2n) is 4.45. The van der Waals surface area contributed by atoms with Crippen molar-refractivity contribution >= 4 is 0 Å². The van der Waals surface area contributed by atoms with Gasteiger partial charge in [0.1, 0.15) is 6.04 Å². The molecule has 1 aromatic carbocycles. The molecule has 1 N–H and O–H groups in total. The fourth-order valence-electron chi connectivity index (χ4n) is 1.90. The van der Waals surface area contributed by atoms with E-state index in [2.05, 4.69) is 5.32 Å². The van der Waals surface area contributed by atoms with Gasteiger partial charge in [0.25, 0.3) is 0 Å². The molecule has 0 aliphatic heterocycles. The number of ether oxygens (including phenoxy) is 1. The molecule has 0 aromatic heterocycles. The summed E-state index contributed by atoms with van der Waals surface area (Å²) < 4.78 is 57.0. The lowest BCUT2D eigenvalue weighted by Crippen LogP contribution is -2.42. The third-order valence-corrected chi connectivity index (χ3v) is 2.99. The van der Waals surface area contributed by atoms with E-state index in [0.29, 0.717) is 13.0 Å². The van der Waals surface area contributed by atoms with Crippen molar-refractivity contribution in [3.05, 3.63) is 35.4 Å². The second kappa shape index (κ2) is 7.59. The van der Waals surface area contributed by atoms with Gasteiger partial charge in [-0.3, -0.25) is 0 Å². The van der Waals surface area contributed by atoms with Gasteiger partial charge in [0.2, 0.25) is 0 Å². The zero-order valence-electron chi connectivity index (χ0n) is 11.5. The molecule has 0 saturated carbocycles. The van der Waals surface area contributed by atoms with Crippen LogP contribution in [0.15, 0.2) is 24.3 Å². The molecule has 0 aliphatic carbocycles. The smallest absolute Gasteiger partial charge is 0.326 e. The first-order valence-corrected chi connectivity index (χ1v) is 6.40. The highest BCUT2D eigenvalue weighted by molar-refractivity contribution is 5.27. The Balaban J connectivity index is 2.92. The van der Waals surface area contributed by atoms with Crippen molar-refractivity contribution in [2.24, 2.45) is 0 Å². The summed E-state index contributed by atoms with van der Waals surface area (Å²) in [5.41, 5.74) is 1.06. The van der Waals surface area contributed by atoms with Gasteiger partial charge in [-0.1, -0.05) is 31.2 Å². The van der Waals surface area contributed by atoms with Crippen LogP contribution in [0, 0.1) is 0 Å². The molecule has 0 bridgehead atoms. The zero-order chi connectivity index (χ0) is 15.2. The highest BCUT2D eigenvalue weighted by Crippen LogP contribution is 2.36. The first-order chi connectivity index (χ1) is 9.43. The summed E-state index contributed by atoms with van der Waals surface area (Å²) >= 11 is 0. The Kier molecular flexibility index (Phi) is 6.42. The van der Waals surface area contributed by atoms with E-state index in [-0.39, 0.29) is 12.1 Å². The minimum atomic E-state index is -4.11. The fraction of sp³-hybridized carbons (Fsp3) is 0.571. The molecule has 1 rings (SSSR count). The Bertz CT molecular complexity index is 395. The minimum Gasteiger partial charge on any atom is -0.384 e. The average Bonchev–Trinajstić information content (AvgIpc) is 2.43. The molecular weight excluding hydrogens is 274 g/mol. The SMILES string of the molecule is CCNC(c1ccc(CCOC)cc1)C(F)(F)C(F)F. The number of methoxy groups -OCH3 is 1. The van der Waals surface area contributed by atoms with Gasteiger partial charge in [0.05, 0.1) is 6.61 Å². The van der Waals surface area contributed by atoms with Crippen LogP contribution in [0.25, 0.3) is 0 Å². The quantitative estimate of drug-likeness (QED) is 0.742. The molecule has 1 atom stereocenters. The van der Waals surface area contributed by atoms with Crippen molar-refractivity contribution in [3.8, 4) is 0 Å². The van der Waals surface area contributed by atoms with Gasteiger partial charge >= 0.3 is 12.3 Å². The van der Waals surface area contributed by atoms with E-state index in [9.17, 15) is 17.6 Å². The van der Waals surface area contributed by atoms with Crippen LogP contribution in [0.2, 0.25) is 0 Å². The molecule has 1 unspecified atom stereocenters. The number of hydrogen-bond donors (Lipinski definition) is 1. The summed E-state index contributed by atoms with van der Waals surface area (Å²) in [4.78, 5) is 0. The molecule has 2 nitrogen and oxygen atoms in total. The summed E-state index contributed by atoms with van der Waals surface area (Å²) in [6.07, 6.45) is -3.06. The molecule has 0 fully saturated rings. The monoisotopic (exact) mass is 293 g/mol. The van der Waals surface area contributed by atoms with E-state index in [4.69, 9.17) is 4.74 Å². The van der Waals surface area contributed by atoms with Crippen molar-refractivity contribution in [2.45, 2.75) is 31.7 Å². The normalized spacial score (nSPS) is 13.8.